The molecule has 11 heteroatoms. The van der Waals surface area contributed by atoms with Crippen molar-refractivity contribution in [2.75, 3.05) is 37.7 Å². The number of hydrogen-bond donors (Lipinski definition) is 2. The molecular formula is C24H27ClN4O6. The van der Waals surface area contributed by atoms with Gasteiger partial charge in [-0.25, -0.2) is 4.79 Å². The maximum Gasteiger partial charge on any atom is 0.342 e. The van der Waals surface area contributed by atoms with Crippen LogP contribution >= 0.6 is 11.6 Å². The van der Waals surface area contributed by atoms with Crippen molar-refractivity contribution in [3.63, 3.8) is 0 Å². The van der Waals surface area contributed by atoms with E-state index in [1.54, 1.807) is 6.07 Å². The van der Waals surface area contributed by atoms with Crippen molar-refractivity contribution < 1.29 is 24.0 Å². The van der Waals surface area contributed by atoms with Crippen molar-refractivity contribution in [1.82, 2.24) is 4.90 Å². The number of anilines is 2. The summed E-state index contributed by atoms with van der Waals surface area (Å²) in [5.74, 6) is -0.277. The molecule has 0 saturated carbocycles. The third-order valence-corrected chi connectivity index (χ3v) is 7.00. The highest BCUT2D eigenvalue weighted by Gasteiger charge is 2.42. The molecule has 2 aliphatic rings. The summed E-state index contributed by atoms with van der Waals surface area (Å²) in [5.41, 5.74) is 12.3. The average molecular weight is 503 g/mol. The van der Waals surface area contributed by atoms with Crippen LogP contribution in [-0.4, -0.2) is 48.3 Å². The Labute approximate surface area is 207 Å². The maximum absolute atomic E-state index is 13.5. The summed E-state index contributed by atoms with van der Waals surface area (Å²) in [6.07, 6.45) is 3.45. The molecule has 0 amide bonds. The van der Waals surface area contributed by atoms with Gasteiger partial charge in [-0.3, -0.25) is 10.1 Å². The molecule has 4 N–H and O–H groups in total. The summed E-state index contributed by atoms with van der Waals surface area (Å²) < 4.78 is 11.8. The molecule has 10 nitrogen and oxygen atoms in total. The van der Waals surface area contributed by atoms with E-state index in [1.807, 2.05) is 0 Å². The smallest absolute Gasteiger partial charge is 0.342 e. The quantitative estimate of drug-likeness (QED) is 0.138. The Morgan fingerprint density at radius 1 is 1.29 bits per heavy atom. The van der Waals surface area contributed by atoms with Gasteiger partial charge in [0.2, 0.25) is 0 Å². The van der Waals surface area contributed by atoms with Gasteiger partial charge in [-0.05, 0) is 25.1 Å². The summed E-state index contributed by atoms with van der Waals surface area (Å²) in [4.78, 5) is 37.3. The molecule has 186 valence electrons. The minimum atomic E-state index is -1.12. The average Bonchev–Trinajstić information content (AvgIpc) is 3.33. The Bertz CT molecular complexity index is 1160. The molecule has 35 heavy (non-hydrogen) atoms. The van der Waals surface area contributed by atoms with Gasteiger partial charge >= 0.3 is 5.97 Å². The number of ether oxygens (including phenoxy) is 2. The maximum atomic E-state index is 13.5. The SMILES string of the molecule is Nc1ccc(C2(OC(=O)c3cc(Cl)c(N)c4c3OCC4)CCN(CCCC=O)CC2)cc1[N+](=O)[O-]. The van der Waals surface area contributed by atoms with Gasteiger partial charge in [-0.1, -0.05) is 17.7 Å². The van der Waals surface area contributed by atoms with E-state index < -0.39 is 16.5 Å². The first-order chi connectivity index (χ1) is 16.8. The van der Waals surface area contributed by atoms with E-state index in [4.69, 9.17) is 32.5 Å². The first-order valence-electron chi connectivity index (χ1n) is 11.4. The molecule has 0 aromatic heterocycles. The molecule has 0 aliphatic carbocycles. The topological polar surface area (TPSA) is 151 Å². The molecule has 1 fully saturated rings. The van der Waals surface area contributed by atoms with Gasteiger partial charge in [0, 0.05) is 56.0 Å². The molecule has 0 bridgehead atoms. The minimum absolute atomic E-state index is 0.0306. The fourth-order valence-corrected chi connectivity index (χ4v) is 4.95. The molecule has 2 heterocycles. The Morgan fingerprint density at radius 3 is 2.71 bits per heavy atom. The van der Waals surface area contributed by atoms with Gasteiger partial charge < -0.3 is 30.6 Å². The van der Waals surface area contributed by atoms with E-state index in [9.17, 15) is 19.7 Å². The zero-order valence-corrected chi connectivity index (χ0v) is 19.9. The lowest BCUT2D eigenvalue weighted by Gasteiger charge is -2.41. The molecule has 0 atom stereocenters. The van der Waals surface area contributed by atoms with Crippen LogP contribution in [0, 0.1) is 10.1 Å². The Balaban J connectivity index is 1.67. The fraction of sp³-hybridized carbons (Fsp3) is 0.417. The summed E-state index contributed by atoms with van der Waals surface area (Å²) in [5, 5.41) is 11.8. The van der Waals surface area contributed by atoms with Crippen molar-refractivity contribution in [3.05, 3.63) is 56.1 Å². The van der Waals surface area contributed by atoms with Crippen LogP contribution in [0.1, 0.15) is 47.2 Å². The van der Waals surface area contributed by atoms with Gasteiger partial charge in [-0.2, -0.15) is 0 Å². The van der Waals surface area contributed by atoms with E-state index in [1.165, 1.54) is 18.2 Å². The largest absolute Gasteiger partial charge is 0.492 e. The molecule has 0 unspecified atom stereocenters. The third-order valence-electron chi connectivity index (χ3n) is 6.69. The fourth-order valence-electron chi connectivity index (χ4n) is 4.72. The van der Waals surface area contributed by atoms with Crippen LogP contribution in [0.15, 0.2) is 24.3 Å². The first kappa shape index (κ1) is 24.7. The summed E-state index contributed by atoms with van der Waals surface area (Å²) >= 11 is 6.28. The van der Waals surface area contributed by atoms with Crippen LogP contribution in [0.25, 0.3) is 0 Å². The standard InChI is InChI=1S/C24H27ClN4O6/c25-18-14-17(22-16(21(18)27)5-12-34-22)23(31)35-24(6-9-28(10-7-24)8-1-2-11-30)15-3-4-19(26)20(13-15)29(32)33/h3-4,11,13-14H,1-2,5-10,12,26-27H2. The Morgan fingerprint density at radius 2 is 2.03 bits per heavy atom. The number of likely N-dealkylation sites (tertiary alicyclic amines) is 1. The van der Waals surface area contributed by atoms with Crippen molar-refractivity contribution in [2.45, 2.75) is 37.7 Å². The first-order valence-corrected chi connectivity index (χ1v) is 11.8. The third kappa shape index (κ3) is 4.89. The summed E-state index contributed by atoms with van der Waals surface area (Å²) in [7, 11) is 0. The number of carbonyl (C=O) groups excluding carboxylic acids is 2. The van der Waals surface area contributed by atoms with Crippen LogP contribution in [-0.2, 0) is 21.6 Å². The molecule has 0 spiro atoms. The number of nitro benzene ring substituents is 1. The number of nitro groups is 1. The second-order valence-corrected chi connectivity index (χ2v) is 9.20. The van der Waals surface area contributed by atoms with E-state index in [2.05, 4.69) is 4.90 Å². The van der Waals surface area contributed by atoms with Crippen molar-refractivity contribution in [3.8, 4) is 5.75 Å². The number of carbonyl (C=O) groups is 2. The zero-order valence-electron chi connectivity index (χ0n) is 19.1. The Kier molecular flexibility index (Phi) is 7.13. The second-order valence-electron chi connectivity index (χ2n) is 8.79. The number of halogens is 1. The second kappa shape index (κ2) is 10.1. The number of benzene rings is 2. The molecule has 2 aromatic carbocycles. The van der Waals surface area contributed by atoms with Gasteiger partial charge in [0.1, 0.15) is 28.9 Å². The normalized spacial score (nSPS) is 16.8. The van der Waals surface area contributed by atoms with Crippen LogP contribution < -0.4 is 16.2 Å². The number of hydrogen-bond acceptors (Lipinski definition) is 9. The molecular weight excluding hydrogens is 476 g/mol. The highest BCUT2D eigenvalue weighted by atomic mass is 35.5. The van der Waals surface area contributed by atoms with Crippen LogP contribution in [0.4, 0.5) is 17.1 Å². The van der Waals surface area contributed by atoms with Crippen LogP contribution in [0.5, 0.6) is 5.75 Å². The molecule has 0 radical (unpaired) electrons. The van der Waals surface area contributed by atoms with Crippen molar-refractivity contribution >= 4 is 40.9 Å². The number of fused-ring (bicyclic) bond motifs is 1. The lowest BCUT2D eigenvalue weighted by Crippen LogP contribution is -2.45. The summed E-state index contributed by atoms with van der Waals surface area (Å²) in [6.45, 7) is 2.29. The van der Waals surface area contributed by atoms with E-state index >= 15 is 0 Å². The van der Waals surface area contributed by atoms with Crippen molar-refractivity contribution in [1.29, 1.82) is 0 Å². The van der Waals surface area contributed by atoms with Gasteiger partial charge in [0.15, 0.2) is 0 Å². The van der Waals surface area contributed by atoms with Gasteiger partial charge in [0.05, 0.1) is 22.2 Å². The highest BCUT2D eigenvalue weighted by molar-refractivity contribution is 6.33. The number of piperidine rings is 1. The predicted molar refractivity (Wildman–Crippen MR) is 131 cm³/mol. The molecule has 2 aromatic rings. The van der Waals surface area contributed by atoms with Crippen LogP contribution in [0.2, 0.25) is 5.02 Å². The van der Waals surface area contributed by atoms with Crippen LogP contribution in [0.3, 0.4) is 0 Å². The lowest BCUT2D eigenvalue weighted by atomic mass is 9.83. The molecule has 1 saturated heterocycles. The number of nitrogens with zero attached hydrogens (tertiary/aromatic N) is 2. The number of esters is 1. The van der Waals surface area contributed by atoms with E-state index in [0.29, 0.717) is 67.9 Å². The zero-order chi connectivity index (χ0) is 25.2. The number of aldehydes is 1. The Hall–Kier alpha value is -3.37. The minimum Gasteiger partial charge on any atom is -0.492 e. The number of unbranched alkanes of at least 4 members (excludes halogenated alkanes) is 1. The van der Waals surface area contributed by atoms with E-state index in [-0.39, 0.29) is 22.0 Å². The lowest BCUT2D eigenvalue weighted by molar-refractivity contribution is -0.384. The monoisotopic (exact) mass is 502 g/mol. The molecule has 4 rings (SSSR count). The number of rotatable bonds is 8. The highest BCUT2D eigenvalue weighted by Crippen LogP contribution is 2.43. The van der Waals surface area contributed by atoms with Gasteiger partial charge in [0.25, 0.3) is 5.69 Å². The molecule has 2 aliphatic heterocycles. The predicted octanol–water partition coefficient (Wildman–Crippen LogP) is 3.47. The van der Waals surface area contributed by atoms with Gasteiger partial charge in [-0.15, -0.1) is 0 Å². The van der Waals surface area contributed by atoms with Crippen molar-refractivity contribution in [2.24, 2.45) is 0 Å². The summed E-state index contributed by atoms with van der Waals surface area (Å²) in [6, 6.07) is 5.94. The van der Waals surface area contributed by atoms with E-state index in [0.717, 1.165) is 19.3 Å². The number of nitrogen functional groups attached to an aromatic ring is 2. The number of nitrogens with two attached hydrogens (primary N) is 2.